The fourth-order valence-corrected chi connectivity index (χ4v) is 4.31. The van der Waals surface area contributed by atoms with Crippen molar-refractivity contribution < 1.29 is 9.47 Å². The van der Waals surface area contributed by atoms with Crippen molar-refractivity contribution in [2.24, 2.45) is 4.99 Å². The highest BCUT2D eigenvalue weighted by atomic mass is 16.5. The van der Waals surface area contributed by atoms with Gasteiger partial charge in [0.25, 0.3) is 0 Å². The van der Waals surface area contributed by atoms with E-state index in [4.69, 9.17) is 9.47 Å². The number of methoxy groups -OCH3 is 2. The van der Waals surface area contributed by atoms with Gasteiger partial charge in [-0.1, -0.05) is 0 Å². The summed E-state index contributed by atoms with van der Waals surface area (Å²) in [6.45, 7) is 8.79. The molecule has 2 N–H and O–H groups in total. The number of nitrogens with zero attached hydrogens (tertiary/aromatic N) is 4. The van der Waals surface area contributed by atoms with Gasteiger partial charge < -0.3 is 34.8 Å². The zero-order chi connectivity index (χ0) is 22.1. The molecule has 0 radical (unpaired) electrons. The van der Waals surface area contributed by atoms with E-state index in [9.17, 15) is 0 Å². The fourth-order valence-electron chi connectivity index (χ4n) is 4.31. The van der Waals surface area contributed by atoms with Crippen LogP contribution in [-0.4, -0.2) is 102 Å². The molecular weight excluding hydrogens is 392 g/mol. The lowest BCUT2D eigenvalue weighted by Crippen LogP contribution is -2.45. The quantitative estimate of drug-likeness (QED) is 0.366. The van der Waals surface area contributed by atoms with Gasteiger partial charge in [0.05, 0.1) is 14.2 Å². The Morgan fingerprint density at radius 1 is 1.06 bits per heavy atom. The van der Waals surface area contributed by atoms with Crippen LogP contribution in [0.15, 0.2) is 23.2 Å². The second-order valence-corrected chi connectivity index (χ2v) is 8.50. The van der Waals surface area contributed by atoms with Gasteiger partial charge >= 0.3 is 0 Å². The smallest absolute Gasteiger partial charge is 0.191 e. The predicted molar refractivity (Wildman–Crippen MR) is 128 cm³/mol. The van der Waals surface area contributed by atoms with Gasteiger partial charge in [0.2, 0.25) is 0 Å². The summed E-state index contributed by atoms with van der Waals surface area (Å²) in [7, 11) is 7.44. The first kappa shape index (κ1) is 23.5. The molecule has 3 rings (SSSR count). The maximum absolute atomic E-state index is 5.42. The summed E-state index contributed by atoms with van der Waals surface area (Å²) in [5.41, 5.74) is 1.13. The summed E-state index contributed by atoms with van der Waals surface area (Å²) in [6, 6.07) is 6.41. The van der Waals surface area contributed by atoms with E-state index in [0.717, 1.165) is 62.2 Å². The van der Waals surface area contributed by atoms with Crippen molar-refractivity contribution in [3.8, 4) is 11.5 Å². The standard InChI is InChI=1S/C23H40N6O2/c1-24-23(25-8-5-10-28-11-6-9-27(2)13-14-28)26-19-7-12-29(18-19)20-15-21(30-3)17-22(16-20)31-4/h15-17,19H,5-14,18H2,1-4H3,(H2,24,25,26). The van der Waals surface area contributed by atoms with E-state index in [0.29, 0.717) is 6.04 Å². The summed E-state index contributed by atoms with van der Waals surface area (Å²) in [4.78, 5) is 11.8. The van der Waals surface area contributed by atoms with Crippen LogP contribution < -0.4 is 25.0 Å². The van der Waals surface area contributed by atoms with Crippen LogP contribution >= 0.6 is 0 Å². The summed E-state index contributed by atoms with van der Waals surface area (Å²) < 4.78 is 10.8. The van der Waals surface area contributed by atoms with Gasteiger partial charge in [0, 0.05) is 69.7 Å². The van der Waals surface area contributed by atoms with Crippen LogP contribution in [0.2, 0.25) is 0 Å². The highest BCUT2D eigenvalue weighted by Gasteiger charge is 2.24. The summed E-state index contributed by atoms with van der Waals surface area (Å²) in [6.07, 6.45) is 3.47. The molecule has 2 heterocycles. The van der Waals surface area contributed by atoms with Crippen LogP contribution in [0.3, 0.4) is 0 Å². The molecule has 1 aromatic carbocycles. The minimum Gasteiger partial charge on any atom is -0.497 e. The highest BCUT2D eigenvalue weighted by molar-refractivity contribution is 5.80. The van der Waals surface area contributed by atoms with Gasteiger partial charge in [0.1, 0.15) is 11.5 Å². The molecule has 0 spiro atoms. The lowest BCUT2D eigenvalue weighted by atomic mass is 10.2. The van der Waals surface area contributed by atoms with E-state index in [1.165, 1.54) is 32.6 Å². The van der Waals surface area contributed by atoms with Gasteiger partial charge in [-0.05, 0) is 45.9 Å². The number of hydrogen-bond acceptors (Lipinski definition) is 6. The van der Waals surface area contributed by atoms with Crippen molar-refractivity contribution in [2.75, 3.05) is 85.6 Å². The van der Waals surface area contributed by atoms with E-state index in [-0.39, 0.29) is 0 Å². The molecule has 1 atom stereocenters. The second-order valence-electron chi connectivity index (χ2n) is 8.50. The molecule has 0 bridgehead atoms. The van der Waals surface area contributed by atoms with Crippen LogP contribution in [0.25, 0.3) is 0 Å². The SMILES string of the molecule is CN=C(NCCCN1CCCN(C)CC1)NC1CCN(c2cc(OC)cc(OC)c2)C1. The Bertz CT molecular complexity index is 691. The largest absolute Gasteiger partial charge is 0.497 e. The van der Waals surface area contributed by atoms with Crippen LogP contribution in [-0.2, 0) is 0 Å². The van der Waals surface area contributed by atoms with Crippen molar-refractivity contribution in [3.63, 3.8) is 0 Å². The van der Waals surface area contributed by atoms with Crippen molar-refractivity contribution in [3.05, 3.63) is 18.2 Å². The van der Waals surface area contributed by atoms with Crippen LogP contribution in [0.1, 0.15) is 19.3 Å². The van der Waals surface area contributed by atoms with Crippen LogP contribution in [0, 0.1) is 0 Å². The molecule has 31 heavy (non-hydrogen) atoms. The number of ether oxygens (including phenoxy) is 2. The van der Waals surface area contributed by atoms with Crippen molar-refractivity contribution in [1.82, 2.24) is 20.4 Å². The van der Waals surface area contributed by atoms with E-state index < -0.39 is 0 Å². The molecule has 8 nitrogen and oxygen atoms in total. The van der Waals surface area contributed by atoms with Gasteiger partial charge in [-0.15, -0.1) is 0 Å². The normalized spacial score (nSPS) is 21.1. The Balaban J connectivity index is 1.41. The molecule has 2 saturated heterocycles. The monoisotopic (exact) mass is 432 g/mol. The molecular formula is C23H40N6O2. The lowest BCUT2D eigenvalue weighted by molar-refractivity contribution is 0.274. The number of benzene rings is 1. The third-order valence-electron chi connectivity index (χ3n) is 6.21. The minimum absolute atomic E-state index is 0.365. The average molecular weight is 433 g/mol. The lowest BCUT2D eigenvalue weighted by Gasteiger charge is -2.22. The van der Waals surface area contributed by atoms with Crippen LogP contribution in [0.4, 0.5) is 5.69 Å². The van der Waals surface area contributed by atoms with Gasteiger partial charge in [-0.25, -0.2) is 0 Å². The molecule has 2 aliphatic heterocycles. The number of anilines is 1. The van der Waals surface area contributed by atoms with Gasteiger partial charge in [-0.3, -0.25) is 4.99 Å². The molecule has 8 heteroatoms. The fraction of sp³-hybridized carbons (Fsp3) is 0.696. The molecule has 0 aliphatic carbocycles. The molecule has 0 aromatic heterocycles. The third-order valence-corrected chi connectivity index (χ3v) is 6.21. The number of nitrogens with one attached hydrogen (secondary N) is 2. The maximum atomic E-state index is 5.42. The third kappa shape index (κ3) is 7.18. The van der Waals surface area contributed by atoms with E-state index in [1.54, 1.807) is 14.2 Å². The van der Waals surface area contributed by atoms with Crippen molar-refractivity contribution in [2.45, 2.75) is 25.3 Å². The summed E-state index contributed by atoms with van der Waals surface area (Å²) in [5.74, 6) is 2.53. The highest BCUT2D eigenvalue weighted by Crippen LogP contribution is 2.30. The molecule has 174 valence electrons. The topological polar surface area (TPSA) is 64.6 Å². The molecule has 2 fully saturated rings. The first-order valence-corrected chi connectivity index (χ1v) is 11.5. The molecule has 1 unspecified atom stereocenters. The number of likely N-dealkylation sites (N-methyl/N-ethyl adjacent to an activating group) is 1. The Labute approximate surface area is 187 Å². The summed E-state index contributed by atoms with van der Waals surface area (Å²) in [5, 5.41) is 7.09. The Hall–Kier alpha value is -2.19. The molecule has 1 aromatic rings. The molecule has 0 saturated carbocycles. The number of guanidine groups is 1. The molecule has 2 aliphatic rings. The maximum Gasteiger partial charge on any atom is 0.191 e. The van der Waals surface area contributed by atoms with Gasteiger partial charge in [-0.2, -0.15) is 0 Å². The average Bonchev–Trinajstić information content (AvgIpc) is 3.17. The van der Waals surface area contributed by atoms with Gasteiger partial charge in [0.15, 0.2) is 5.96 Å². The molecule has 0 amide bonds. The van der Waals surface area contributed by atoms with Crippen molar-refractivity contribution >= 4 is 11.6 Å². The van der Waals surface area contributed by atoms with Crippen LogP contribution in [0.5, 0.6) is 11.5 Å². The predicted octanol–water partition coefficient (Wildman–Crippen LogP) is 1.48. The summed E-state index contributed by atoms with van der Waals surface area (Å²) >= 11 is 0. The Morgan fingerprint density at radius 2 is 1.84 bits per heavy atom. The Kier molecular flexibility index (Phi) is 9.09. The first-order chi connectivity index (χ1) is 15.1. The van der Waals surface area contributed by atoms with E-state index in [2.05, 4.69) is 49.5 Å². The second kappa shape index (κ2) is 12.0. The van der Waals surface area contributed by atoms with E-state index >= 15 is 0 Å². The number of rotatable bonds is 8. The zero-order valence-electron chi connectivity index (χ0n) is 19.7. The first-order valence-electron chi connectivity index (χ1n) is 11.5. The zero-order valence-corrected chi connectivity index (χ0v) is 19.7. The van der Waals surface area contributed by atoms with E-state index in [1.807, 2.05) is 13.1 Å². The number of aliphatic imine (C=N–C) groups is 1. The number of hydrogen-bond donors (Lipinski definition) is 2. The minimum atomic E-state index is 0.365. The van der Waals surface area contributed by atoms with Crippen molar-refractivity contribution in [1.29, 1.82) is 0 Å². The Morgan fingerprint density at radius 3 is 2.55 bits per heavy atom.